The van der Waals surface area contributed by atoms with Crippen molar-refractivity contribution in [2.24, 2.45) is 0 Å². The Morgan fingerprint density at radius 1 is 0.933 bits per heavy atom. The molecule has 5 rings (SSSR count). The van der Waals surface area contributed by atoms with E-state index in [-0.39, 0.29) is 41.2 Å². The lowest BCUT2D eigenvalue weighted by atomic mass is 10.1. The van der Waals surface area contributed by atoms with Crippen molar-refractivity contribution >= 4 is 16.9 Å². The molecular weight excluding hydrogens is 605 g/mol. The van der Waals surface area contributed by atoms with Crippen molar-refractivity contribution in [2.45, 2.75) is 84.4 Å². The lowest BCUT2D eigenvalue weighted by Crippen LogP contribution is -2.36. The third kappa shape index (κ3) is 7.81. The summed E-state index contributed by atoms with van der Waals surface area (Å²) in [5.74, 6) is -2.98. The number of alkyl halides is 5. The molecular formula is C28H32F5N9O3. The smallest absolute Gasteiger partial charge is 0.408 e. The number of anilines is 1. The fraction of sp³-hybridized carbons (Fsp3) is 0.536. The van der Waals surface area contributed by atoms with Crippen LogP contribution in [-0.2, 0) is 6.54 Å². The molecule has 0 amide bonds. The third-order valence-corrected chi connectivity index (χ3v) is 6.18. The van der Waals surface area contributed by atoms with Crippen molar-refractivity contribution in [1.82, 2.24) is 39.9 Å². The molecule has 17 heteroatoms. The summed E-state index contributed by atoms with van der Waals surface area (Å²) in [6, 6.07) is 2.73. The summed E-state index contributed by atoms with van der Waals surface area (Å²) in [7, 11) is 0. The van der Waals surface area contributed by atoms with Gasteiger partial charge in [0.25, 0.3) is 0 Å². The predicted molar refractivity (Wildman–Crippen MR) is 152 cm³/mol. The molecule has 45 heavy (non-hydrogen) atoms. The number of aryl methyl sites for hydroxylation is 1. The summed E-state index contributed by atoms with van der Waals surface area (Å²) in [5.41, 5.74) is -0.469. The van der Waals surface area contributed by atoms with Gasteiger partial charge in [-0.1, -0.05) is 5.21 Å². The molecule has 1 saturated heterocycles. The van der Waals surface area contributed by atoms with Gasteiger partial charge in [0.1, 0.15) is 34.9 Å². The zero-order valence-corrected chi connectivity index (χ0v) is 25.6. The van der Waals surface area contributed by atoms with Gasteiger partial charge in [0.2, 0.25) is 11.8 Å². The Morgan fingerprint density at radius 2 is 1.64 bits per heavy atom. The molecule has 1 atom stereocenters. The summed E-state index contributed by atoms with van der Waals surface area (Å²) >= 11 is 0. The first-order valence-electron chi connectivity index (χ1n) is 13.9. The minimum atomic E-state index is -4.56. The van der Waals surface area contributed by atoms with Crippen LogP contribution in [0.4, 0.5) is 27.8 Å². The van der Waals surface area contributed by atoms with E-state index in [0.29, 0.717) is 21.8 Å². The van der Waals surface area contributed by atoms with Gasteiger partial charge in [-0.25, -0.2) is 33.4 Å². The van der Waals surface area contributed by atoms with Crippen molar-refractivity contribution < 1.29 is 36.2 Å². The number of ether oxygens (including phenoxy) is 3. The average molecular weight is 638 g/mol. The van der Waals surface area contributed by atoms with E-state index in [0.717, 1.165) is 12.3 Å². The normalized spacial score (nSPS) is 17.2. The Balaban J connectivity index is 1.42. The van der Waals surface area contributed by atoms with E-state index < -0.39 is 42.5 Å². The average Bonchev–Trinajstić information content (AvgIpc) is 3.40. The monoisotopic (exact) mass is 637 g/mol. The molecule has 4 aromatic rings. The molecule has 1 aliphatic heterocycles. The molecule has 0 aromatic carbocycles. The molecule has 0 N–H and O–H groups in total. The van der Waals surface area contributed by atoms with Gasteiger partial charge in [-0.3, -0.25) is 0 Å². The lowest BCUT2D eigenvalue weighted by molar-refractivity contribution is -0.142. The number of aromatic nitrogens is 8. The molecule has 242 valence electrons. The first-order chi connectivity index (χ1) is 20.7. The predicted octanol–water partition coefficient (Wildman–Crippen LogP) is 5.20. The number of pyridine rings is 1. The molecule has 0 radical (unpaired) electrons. The maximum absolute atomic E-state index is 15.3. The van der Waals surface area contributed by atoms with Crippen LogP contribution < -0.4 is 19.1 Å². The van der Waals surface area contributed by atoms with Gasteiger partial charge in [0.05, 0.1) is 36.1 Å². The highest BCUT2D eigenvalue weighted by atomic mass is 19.4. The Labute approximate surface area is 255 Å². The fourth-order valence-corrected chi connectivity index (χ4v) is 4.47. The molecule has 0 bridgehead atoms. The Hall–Kier alpha value is -4.44. The molecule has 0 spiro atoms. The Kier molecular flexibility index (Phi) is 7.94. The van der Waals surface area contributed by atoms with Gasteiger partial charge < -0.3 is 19.1 Å². The second-order valence-electron chi connectivity index (χ2n) is 12.6. The maximum Gasteiger partial charge on any atom is 0.408 e. The summed E-state index contributed by atoms with van der Waals surface area (Å²) in [6.07, 6.45) is -3.64. The van der Waals surface area contributed by atoms with Gasteiger partial charge >= 0.3 is 18.1 Å². The second-order valence-corrected chi connectivity index (χ2v) is 12.6. The maximum atomic E-state index is 15.3. The van der Waals surface area contributed by atoms with E-state index in [1.165, 1.54) is 17.2 Å². The van der Waals surface area contributed by atoms with Crippen LogP contribution in [-0.4, -0.2) is 82.4 Å². The standard InChI is InChI=1S/C28H32F5N9O3/c1-15-36-17(16-10-35-24(45-26(5,6)7)38-23(16)44-25(2,3)4)8-21(37-15)41-12-20(27(29,30)13-41)43-22-9-19-18(11-34-22)39-40-42(19)14-28(31,32)33/h8-11,20H,12-14H2,1-7H3/t20-/m0/s1. The molecule has 1 fully saturated rings. The number of hydrogen-bond acceptors (Lipinski definition) is 11. The van der Waals surface area contributed by atoms with Crippen LogP contribution >= 0.6 is 0 Å². The van der Waals surface area contributed by atoms with Gasteiger partial charge in [-0.2, -0.15) is 18.2 Å². The van der Waals surface area contributed by atoms with E-state index in [4.69, 9.17) is 14.2 Å². The highest BCUT2D eigenvalue weighted by Gasteiger charge is 2.51. The quantitative estimate of drug-likeness (QED) is 0.248. The molecule has 0 aliphatic carbocycles. The number of fused-ring (bicyclic) bond motifs is 1. The van der Waals surface area contributed by atoms with E-state index >= 15 is 8.78 Å². The summed E-state index contributed by atoms with van der Waals surface area (Å²) in [6.45, 7) is 10.3. The lowest BCUT2D eigenvalue weighted by Gasteiger charge is -2.24. The first kappa shape index (κ1) is 32.0. The van der Waals surface area contributed by atoms with Crippen LogP contribution in [0.25, 0.3) is 22.3 Å². The van der Waals surface area contributed by atoms with Crippen molar-refractivity contribution in [3.05, 3.63) is 30.4 Å². The molecule has 1 aliphatic rings. The van der Waals surface area contributed by atoms with Gasteiger partial charge in [-0.05, 0) is 48.5 Å². The van der Waals surface area contributed by atoms with Gasteiger partial charge in [-0.15, -0.1) is 5.10 Å². The number of halogens is 5. The highest BCUT2D eigenvalue weighted by Crippen LogP contribution is 2.37. The molecule has 12 nitrogen and oxygen atoms in total. The van der Waals surface area contributed by atoms with E-state index in [1.54, 1.807) is 6.92 Å². The largest absolute Gasteiger partial charge is 0.471 e. The molecule has 0 saturated carbocycles. The van der Waals surface area contributed by atoms with Crippen molar-refractivity contribution in [2.75, 3.05) is 18.0 Å². The highest BCUT2D eigenvalue weighted by molar-refractivity contribution is 5.74. The minimum absolute atomic E-state index is 0.0546. The first-order valence-corrected chi connectivity index (χ1v) is 13.9. The minimum Gasteiger partial charge on any atom is -0.471 e. The van der Waals surface area contributed by atoms with Crippen molar-refractivity contribution in [3.63, 3.8) is 0 Å². The SMILES string of the molecule is Cc1nc(-c2cnc(OC(C)(C)C)nc2OC(C)(C)C)cc(N2C[C@H](Oc3cc4c(cn3)nnn4CC(F)(F)F)C(F)(F)C2)n1. The van der Waals surface area contributed by atoms with E-state index in [2.05, 4.69) is 35.2 Å². The zero-order chi connectivity index (χ0) is 32.9. The van der Waals surface area contributed by atoms with Gasteiger partial charge in [0, 0.05) is 18.3 Å². The van der Waals surface area contributed by atoms with Crippen LogP contribution in [0, 0.1) is 6.92 Å². The number of rotatable bonds is 7. The summed E-state index contributed by atoms with van der Waals surface area (Å²) in [4.78, 5) is 22.9. The van der Waals surface area contributed by atoms with Crippen molar-refractivity contribution in [3.8, 4) is 29.0 Å². The van der Waals surface area contributed by atoms with E-state index in [1.807, 2.05) is 41.5 Å². The van der Waals surface area contributed by atoms with Gasteiger partial charge in [0.15, 0.2) is 6.10 Å². The van der Waals surface area contributed by atoms with Crippen LogP contribution in [0.3, 0.4) is 0 Å². The Bertz CT molecular complexity index is 1700. The zero-order valence-electron chi connectivity index (χ0n) is 25.6. The summed E-state index contributed by atoms with van der Waals surface area (Å²) < 4.78 is 87.4. The van der Waals surface area contributed by atoms with Crippen LogP contribution in [0.1, 0.15) is 47.4 Å². The third-order valence-electron chi connectivity index (χ3n) is 6.18. The molecule has 0 unspecified atom stereocenters. The fourth-order valence-electron chi connectivity index (χ4n) is 4.47. The van der Waals surface area contributed by atoms with Crippen LogP contribution in [0.15, 0.2) is 24.5 Å². The Morgan fingerprint density at radius 3 is 2.31 bits per heavy atom. The topological polar surface area (TPSA) is 126 Å². The van der Waals surface area contributed by atoms with Crippen LogP contribution in [0.5, 0.6) is 17.8 Å². The van der Waals surface area contributed by atoms with Crippen molar-refractivity contribution in [1.29, 1.82) is 0 Å². The second kappa shape index (κ2) is 11.2. The number of hydrogen-bond donors (Lipinski definition) is 0. The summed E-state index contributed by atoms with van der Waals surface area (Å²) in [5, 5.41) is 7.12. The molecule has 4 aromatic heterocycles. The van der Waals surface area contributed by atoms with E-state index in [9.17, 15) is 13.2 Å². The number of nitrogens with zero attached hydrogens (tertiary/aromatic N) is 9. The van der Waals surface area contributed by atoms with Crippen LogP contribution in [0.2, 0.25) is 0 Å². The molecule has 5 heterocycles.